The van der Waals surface area contributed by atoms with Gasteiger partial charge in [-0.1, -0.05) is 6.08 Å². The summed E-state index contributed by atoms with van der Waals surface area (Å²) in [5.41, 5.74) is 1.06. The Morgan fingerprint density at radius 2 is 2.14 bits per heavy atom. The molecule has 0 radical (unpaired) electrons. The quantitative estimate of drug-likeness (QED) is 0.801. The summed E-state index contributed by atoms with van der Waals surface area (Å²) in [4.78, 5) is 22.7. The smallest absolute Gasteiger partial charge is 0.338 e. The highest BCUT2D eigenvalue weighted by molar-refractivity contribution is 5.91. The molecule has 108 valence electrons. The number of carbonyl (C=O) groups excluding carboxylic acids is 1. The van der Waals surface area contributed by atoms with Crippen molar-refractivity contribution in [1.29, 1.82) is 0 Å². The van der Waals surface area contributed by atoms with Crippen LogP contribution in [-0.2, 0) is 4.74 Å². The predicted octanol–water partition coefficient (Wildman–Crippen LogP) is 2.44. The fraction of sp³-hybridized carbons (Fsp3) is 0.312. The van der Waals surface area contributed by atoms with Gasteiger partial charge in [-0.15, -0.1) is 0 Å². The largest absolute Gasteiger partial charge is 0.462 e. The number of hydrogen-bond acceptors (Lipinski definition) is 5. The minimum atomic E-state index is -0.430. The van der Waals surface area contributed by atoms with E-state index in [-0.39, 0.29) is 12.0 Å². The lowest BCUT2D eigenvalue weighted by molar-refractivity contribution is 0.0526. The normalized spacial score (nSPS) is 26.0. The molecule has 0 saturated heterocycles. The number of aliphatic imine (C=N–C) groups is 2. The second-order valence-corrected chi connectivity index (χ2v) is 5.10. The van der Waals surface area contributed by atoms with Crippen molar-refractivity contribution in [3.8, 4) is 0 Å². The van der Waals surface area contributed by atoms with E-state index in [1.165, 1.54) is 0 Å². The molecule has 2 aliphatic heterocycles. The summed E-state index contributed by atoms with van der Waals surface area (Å²) in [6.45, 7) is 4.21. The number of rotatable bonds is 3. The number of fused-ring (bicyclic) bond motifs is 1. The molecule has 0 spiro atoms. The molecule has 0 fully saturated rings. The Labute approximate surface area is 123 Å². The minimum absolute atomic E-state index is 0.0206. The van der Waals surface area contributed by atoms with Crippen LogP contribution < -0.4 is 4.90 Å². The highest BCUT2D eigenvalue weighted by Crippen LogP contribution is 2.34. The first-order chi connectivity index (χ1) is 10.1. The van der Waals surface area contributed by atoms with Crippen LogP contribution in [0.1, 0.15) is 24.2 Å². The van der Waals surface area contributed by atoms with E-state index in [1.54, 1.807) is 31.6 Å². The van der Waals surface area contributed by atoms with Crippen molar-refractivity contribution in [2.24, 2.45) is 9.98 Å². The van der Waals surface area contributed by atoms with Crippen LogP contribution in [0.5, 0.6) is 0 Å². The molecule has 1 aromatic rings. The van der Waals surface area contributed by atoms with Gasteiger partial charge in [-0.05, 0) is 44.2 Å². The molecule has 0 amide bonds. The molecule has 0 saturated carbocycles. The Hall–Kier alpha value is -2.43. The van der Waals surface area contributed by atoms with Crippen molar-refractivity contribution in [2.45, 2.75) is 25.6 Å². The molecule has 0 aromatic heterocycles. The van der Waals surface area contributed by atoms with Crippen LogP contribution in [0.4, 0.5) is 5.69 Å². The number of carbonyl (C=O) groups is 1. The van der Waals surface area contributed by atoms with Gasteiger partial charge in [0.2, 0.25) is 0 Å². The number of hydrogen-bond donors (Lipinski definition) is 0. The van der Waals surface area contributed by atoms with E-state index in [4.69, 9.17) is 4.74 Å². The van der Waals surface area contributed by atoms with Crippen molar-refractivity contribution in [1.82, 2.24) is 0 Å². The third-order valence-electron chi connectivity index (χ3n) is 3.76. The van der Waals surface area contributed by atoms with Gasteiger partial charge in [0.05, 0.1) is 18.5 Å². The van der Waals surface area contributed by atoms with Crippen molar-refractivity contribution < 1.29 is 9.53 Å². The zero-order valence-electron chi connectivity index (χ0n) is 12.1. The van der Waals surface area contributed by atoms with Crippen LogP contribution in [0, 0.1) is 0 Å². The highest BCUT2D eigenvalue weighted by atomic mass is 16.5. The molecule has 21 heavy (non-hydrogen) atoms. The van der Waals surface area contributed by atoms with E-state index in [2.05, 4.69) is 9.98 Å². The Balaban J connectivity index is 1.85. The second-order valence-electron chi connectivity index (χ2n) is 5.10. The third-order valence-corrected chi connectivity index (χ3v) is 3.76. The van der Waals surface area contributed by atoms with E-state index in [1.807, 2.05) is 36.1 Å². The molecular weight excluding hydrogens is 266 g/mol. The van der Waals surface area contributed by atoms with Crippen molar-refractivity contribution in [3.63, 3.8) is 0 Å². The summed E-state index contributed by atoms with van der Waals surface area (Å²) < 4.78 is 4.99. The fourth-order valence-corrected chi connectivity index (χ4v) is 2.56. The molecule has 0 bridgehead atoms. The third kappa shape index (κ3) is 2.24. The van der Waals surface area contributed by atoms with Gasteiger partial charge >= 0.3 is 5.97 Å². The number of allylic oxidation sites excluding steroid dienone is 1. The molecule has 1 aromatic carbocycles. The SMILES string of the molecule is CCOC(=O)c1ccc(N2C=NC3C=CC=NC32C)cc1. The summed E-state index contributed by atoms with van der Waals surface area (Å²) in [5.74, 6) is -0.304. The standard InChI is InChI=1S/C16H17N3O2/c1-3-21-15(20)12-6-8-13(9-7-12)19-11-17-14-5-4-10-18-16(14,19)2/h4-11,14H,3H2,1-2H3. The summed E-state index contributed by atoms with van der Waals surface area (Å²) in [7, 11) is 0. The van der Waals surface area contributed by atoms with Crippen LogP contribution in [0.3, 0.4) is 0 Å². The van der Waals surface area contributed by atoms with Gasteiger partial charge in [0.15, 0.2) is 5.66 Å². The van der Waals surface area contributed by atoms with Crippen molar-refractivity contribution >= 4 is 24.2 Å². The summed E-state index contributed by atoms with van der Waals surface area (Å²) in [6.07, 6.45) is 7.55. The first-order valence-electron chi connectivity index (χ1n) is 6.97. The average Bonchev–Trinajstić information content (AvgIpc) is 2.84. The average molecular weight is 283 g/mol. The van der Waals surface area contributed by atoms with Crippen LogP contribution in [0.2, 0.25) is 0 Å². The van der Waals surface area contributed by atoms with Crippen LogP contribution in [0.25, 0.3) is 0 Å². The van der Waals surface area contributed by atoms with Crippen LogP contribution in [0.15, 0.2) is 46.4 Å². The number of benzene rings is 1. The van der Waals surface area contributed by atoms with E-state index in [0.29, 0.717) is 12.2 Å². The Morgan fingerprint density at radius 3 is 2.86 bits per heavy atom. The summed E-state index contributed by atoms with van der Waals surface area (Å²) in [5, 5.41) is 0. The number of dihydropyridines is 1. The molecular formula is C16H17N3O2. The molecule has 0 aliphatic carbocycles. The topological polar surface area (TPSA) is 54.3 Å². The maximum atomic E-state index is 11.7. The molecule has 0 N–H and O–H groups in total. The van der Waals surface area contributed by atoms with E-state index >= 15 is 0 Å². The number of anilines is 1. The second kappa shape index (κ2) is 5.16. The summed E-state index contributed by atoms with van der Waals surface area (Å²) in [6, 6.07) is 7.33. The van der Waals surface area contributed by atoms with E-state index in [0.717, 1.165) is 5.69 Å². The molecule has 2 atom stereocenters. The van der Waals surface area contributed by atoms with Crippen LogP contribution in [-0.4, -0.2) is 36.8 Å². The Morgan fingerprint density at radius 1 is 1.38 bits per heavy atom. The molecule has 2 heterocycles. The molecule has 3 rings (SSSR count). The molecule has 5 nitrogen and oxygen atoms in total. The highest BCUT2D eigenvalue weighted by Gasteiger charge is 2.42. The summed E-state index contributed by atoms with van der Waals surface area (Å²) >= 11 is 0. The molecule has 2 aliphatic rings. The van der Waals surface area contributed by atoms with E-state index < -0.39 is 5.66 Å². The van der Waals surface area contributed by atoms with Gasteiger partial charge in [-0.2, -0.15) is 0 Å². The van der Waals surface area contributed by atoms with Gasteiger partial charge in [0, 0.05) is 11.9 Å². The number of esters is 1. The van der Waals surface area contributed by atoms with E-state index in [9.17, 15) is 4.79 Å². The molecule has 2 unspecified atom stereocenters. The van der Waals surface area contributed by atoms with Gasteiger partial charge in [0.1, 0.15) is 6.04 Å². The Kier molecular flexibility index (Phi) is 3.33. The van der Waals surface area contributed by atoms with Crippen molar-refractivity contribution in [3.05, 3.63) is 42.0 Å². The monoisotopic (exact) mass is 283 g/mol. The van der Waals surface area contributed by atoms with Crippen LogP contribution >= 0.6 is 0 Å². The first kappa shape index (κ1) is 13.5. The van der Waals surface area contributed by atoms with Gasteiger partial charge in [-0.3, -0.25) is 9.98 Å². The van der Waals surface area contributed by atoms with Gasteiger partial charge in [0.25, 0.3) is 0 Å². The van der Waals surface area contributed by atoms with Gasteiger partial charge < -0.3 is 9.64 Å². The number of ether oxygens (including phenoxy) is 1. The van der Waals surface area contributed by atoms with Crippen molar-refractivity contribution in [2.75, 3.05) is 11.5 Å². The number of nitrogens with zero attached hydrogens (tertiary/aromatic N) is 3. The fourth-order valence-electron chi connectivity index (χ4n) is 2.56. The Bertz CT molecular complexity index is 633. The lowest BCUT2D eigenvalue weighted by atomic mass is 10.00. The predicted molar refractivity (Wildman–Crippen MR) is 83.2 cm³/mol. The minimum Gasteiger partial charge on any atom is -0.462 e. The lowest BCUT2D eigenvalue weighted by Gasteiger charge is -2.35. The maximum Gasteiger partial charge on any atom is 0.338 e. The van der Waals surface area contributed by atoms with Gasteiger partial charge in [-0.25, -0.2) is 4.79 Å². The zero-order valence-corrected chi connectivity index (χ0v) is 12.1. The lowest BCUT2D eigenvalue weighted by Crippen LogP contribution is -2.47. The zero-order chi connectivity index (χ0) is 14.9. The maximum absolute atomic E-state index is 11.7. The first-order valence-corrected chi connectivity index (χ1v) is 6.97. The molecule has 5 heteroatoms.